The molecule has 2 aromatic carbocycles. The highest BCUT2D eigenvalue weighted by Gasteiger charge is 2.12. The van der Waals surface area contributed by atoms with Crippen LogP contribution in [0.15, 0.2) is 67.1 Å². The molecule has 0 aliphatic rings. The fourth-order valence-electron chi connectivity index (χ4n) is 2.97. The third kappa shape index (κ3) is 4.42. The molecule has 0 saturated heterocycles. The molecule has 0 radical (unpaired) electrons. The van der Waals surface area contributed by atoms with Crippen LogP contribution >= 0.6 is 11.6 Å². The van der Waals surface area contributed by atoms with Crippen LogP contribution in [0.5, 0.6) is 0 Å². The van der Waals surface area contributed by atoms with Crippen LogP contribution in [0.2, 0.25) is 5.02 Å². The summed E-state index contributed by atoms with van der Waals surface area (Å²) in [5, 5.41) is 3.19. The zero-order valence-electron chi connectivity index (χ0n) is 16.2. The van der Waals surface area contributed by atoms with Crippen LogP contribution in [0.3, 0.4) is 0 Å². The Hall–Kier alpha value is -3.42. The van der Waals surface area contributed by atoms with Gasteiger partial charge in [-0.25, -0.2) is 14.8 Å². The van der Waals surface area contributed by atoms with Crippen molar-refractivity contribution in [2.45, 2.75) is 0 Å². The van der Waals surface area contributed by atoms with E-state index in [0.29, 0.717) is 34.4 Å². The number of anilines is 1. The first-order valence-electron chi connectivity index (χ1n) is 9.27. The van der Waals surface area contributed by atoms with Crippen molar-refractivity contribution in [2.24, 2.45) is 0 Å². The summed E-state index contributed by atoms with van der Waals surface area (Å²) in [7, 11) is 1.54. The topological polar surface area (TPSA) is 77.8 Å². The third-order valence-electron chi connectivity index (χ3n) is 4.43. The van der Waals surface area contributed by atoms with Gasteiger partial charge in [-0.2, -0.15) is 0 Å². The van der Waals surface area contributed by atoms with Crippen molar-refractivity contribution in [3.8, 4) is 22.4 Å². The number of halogens is 1. The molecule has 0 saturated carbocycles. The van der Waals surface area contributed by atoms with Gasteiger partial charge in [-0.15, -0.1) is 0 Å². The summed E-state index contributed by atoms with van der Waals surface area (Å²) >= 11 is 6.39. The lowest BCUT2D eigenvalue weighted by molar-refractivity contribution is 0.107. The number of methoxy groups -OCH3 is 1. The zero-order valence-corrected chi connectivity index (χ0v) is 17.0. The highest BCUT2D eigenvalue weighted by Crippen LogP contribution is 2.30. The van der Waals surface area contributed by atoms with Gasteiger partial charge in [0.05, 0.1) is 17.3 Å². The first-order chi connectivity index (χ1) is 14.6. The molecule has 4 rings (SSSR count). The minimum Gasteiger partial charge on any atom is -0.447 e. The van der Waals surface area contributed by atoms with Gasteiger partial charge in [-0.05, 0) is 23.8 Å². The number of hydrogen-bond donors (Lipinski definition) is 1. The van der Waals surface area contributed by atoms with Gasteiger partial charge in [-0.1, -0.05) is 41.9 Å². The average Bonchev–Trinajstić information content (AvgIpc) is 3.19. The maximum atomic E-state index is 11.9. The number of aromatic nitrogens is 3. The lowest BCUT2D eigenvalue weighted by Crippen LogP contribution is -2.16. The van der Waals surface area contributed by atoms with Gasteiger partial charge in [0.25, 0.3) is 0 Å². The molecule has 0 fully saturated rings. The molecule has 4 aromatic rings. The lowest BCUT2D eigenvalue weighted by atomic mass is 10.1. The number of fused-ring (bicyclic) bond motifs is 1. The molecule has 0 aliphatic carbocycles. The van der Waals surface area contributed by atoms with Gasteiger partial charge in [0, 0.05) is 42.5 Å². The first-order valence-corrected chi connectivity index (χ1v) is 9.64. The number of nitrogens with one attached hydrogen (secondary N) is 1. The second-order valence-corrected chi connectivity index (χ2v) is 6.90. The molecule has 0 spiro atoms. The van der Waals surface area contributed by atoms with Crippen LogP contribution in [-0.2, 0) is 9.47 Å². The van der Waals surface area contributed by atoms with Crippen molar-refractivity contribution in [3.63, 3.8) is 0 Å². The largest absolute Gasteiger partial charge is 0.447 e. The molecular formula is C22H19ClN4O3. The molecular weight excluding hydrogens is 404 g/mol. The Bertz CT molecular complexity index is 1180. The van der Waals surface area contributed by atoms with Crippen LogP contribution in [-0.4, -0.2) is 40.8 Å². The highest BCUT2D eigenvalue weighted by molar-refractivity contribution is 6.33. The summed E-state index contributed by atoms with van der Waals surface area (Å²) in [5.41, 5.74) is 3.92. The monoisotopic (exact) mass is 422 g/mol. The normalized spacial score (nSPS) is 10.9. The third-order valence-corrected chi connectivity index (χ3v) is 4.76. The minimum absolute atomic E-state index is 0.171. The fraction of sp³-hybridized carbons (Fsp3) is 0.136. The Morgan fingerprint density at radius 2 is 1.93 bits per heavy atom. The highest BCUT2D eigenvalue weighted by atomic mass is 35.5. The van der Waals surface area contributed by atoms with E-state index in [9.17, 15) is 4.79 Å². The minimum atomic E-state index is -0.565. The number of benzene rings is 2. The lowest BCUT2D eigenvalue weighted by Gasteiger charge is -2.08. The molecule has 152 valence electrons. The van der Waals surface area contributed by atoms with Gasteiger partial charge in [0.1, 0.15) is 6.61 Å². The van der Waals surface area contributed by atoms with Crippen molar-refractivity contribution < 1.29 is 14.3 Å². The Kier molecular flexibility index (Phi) is 5.92. The second kappa shape index (κ2) is 8.94. The van der Waals surface area contributed by atoms with E-state index >= 15 is 0 Å². The molecule has 0 unspecified atom stereocenters. The molecule has 7 nitrogen and oxygen atoms in total. The maximum Gasteiger partial charge on any atom is 0.411 e. The van der Waals surface area contributed by atoms with E-state index in [0.717, 1.165) is 11.1 Å². The van der Waals surface area contributed by atoms with E-state index in [2.05, 4.69) is 15.3 Å². The summed E-state index contributed by atoms with van der Waals surface area (Å²) in [6.07, 6.45) is 5.05. The molecule has 0 bridgehead atoms. The van der Waals surface area contributed by atoms with Gasteiger partial charge in [-0.3, -0.25) is 9.72 Å². The Morgan fingerprint density at radius 1 is 1.10 bits per heavy atom. The molecule has 1 amide bonds. The summed E-state index contributed by atoms with van der Waals surface area (Å²) < 4.78 is 11.7. The predicted octanol–water partition coefficient (Wildman–Crippen LogP) is 4.91. The van der Waals surface area contributed by atoms with Gasteiger partial charge >= 0.3 is 6.09 Å². The van der Waals surface area contributed by atoms with Crippen LogP contribution in [0.1, 0.15) is 0 Å². The van der Waals surface area contributed by atoms with E-state index in [-0.39, 0.29) is 6.61 Å². The molecule has 0 aliphatic heterocycles. The summed E-state index contributed by atoms with van der Waals surface area (Å²) in [4.78, 5) is 20.9. The number of amides is 1. The number of carbonyl (C=O) groups is 1. The average molecular weight is 423 g/mol. The number of nitrogens with zero attached hydrogens (tertiary/aromatic N) is 3. The first kappa shape index (κ1) is 19.9. The van der Waals surface area contributed by atoms with E-state index in [4.69, 9.17) is 21.1 Å². The SMILES string of the molecule is COCCOC(=O)Nc1ccc(Cl)c(-c2cn3cc(-c4ccccc4)cnc3n2)c1. The number of imidazole rings is 1. The van der Waals surface area contributed by atoms with Crippen molar-refractivity contribution in [1.29, 1.82) is 0 Å². The van der Waals surface area contributed by atoms with E-state index in [1.807, 2.05) is 47.1 Å². The molecule has 2 heterocycles. The van der Waals surface area contributed by atoms with Crippen molar-refractivity contribution in [1.82, 2.24) is 14.4 Å². The van der Waals surface area contributed by atoms with Crippen LogP contribution < -0.4 is 5.32 Å². The van der Waals surface area contributed by atoms with Gasteiger partial charge in [0.2, 0.25) is 5.78 Å². The van der Waals surface area contributed by atoms with Gasteiger partial charge in [0.15, 0.2) is 0 Å². The van der Waals surface area contributed by atoms with Gasteiger partial charge < -0.3 is 9.47 Å². The van der Waals surface area contributed by atoms with E-state index < -0.39 is 6.09 Å². The molecule has 0 atom stereocenters. The van der Waals surface area contributed by atoms with Crippen molar-refractivity contribution >= 4 is 29.2 Å². The van der Waals surface area contributed by atoms with E-state index in [1.165, 1.54) is 0 Å². The number of ether oxygens (including phenoxy) is 2. The molecule has 2 aromatic heterocycles. The predicted molar refractivity (Wildman–Crippen MR) is 116 cm³/mol. The molecule has 1 N–H and O–H groups in total. The Morgan fingerprint density at radius 3 is 2.73 bits per heavy atom. The maximum absolute atomic E-state index is 11.9. The standard InChI is InChI=1S/C22H19ClN4O3/c1-29-9-10-30-22(28)25-17-7-8-19(23)18(11-17)20-14-27-13-16(12-24-21(27)26-20)15-5-3-2-4-6-15/h2-8,11-14H,9-10H2,1H3,(H,25,28). The van der Waals surface area contributed by atoms with E-state index in [1.54, 1.807) is 31.5 Å². The number of hydrogen-bond acceptors (Lipinski definition) is 5. The quantitative estimate of drug-likeness (QED) is 0.446. The smallest absolute Gasteiger partial charge is 0.411 e. The van der Waals surface area contributed by atoms with Crippen LogP contribution in [0.4, 0.5) is 10.5 Å². The number of rotatable bonds is 6. The van der Waals surface area contributed by atoms with Crippen molar-refractivity contribution in [2.75, 3.05) is 25.6 Å². The van der Waals surface area contributed by atoms with Crippen LogP contribution in [0, 0.1) is 0 Å². The summed E-state index contributed by atoms with van der Waals surface area (Å²) in [6, 6.07) is 15.1. The zero-order chi connectivity index (χ0) is 20.9. The molecule has 30 heavy (non-hydrogen) atoms. The second-order valence-electron chi connectivity index (χ2n) is 6.49. The summed E-state index contributed by atoms with van der Waals surface area (Å²) in [6.45, 7) is 0.503. The molecule has 8 heteroatoms. The summed E-state index contributed by atoms with van der Waals surface area (Å²) in [5.74, 6) is 0.554. The number of carbonyl (C=O) groups excluding carboxylic acids is 1. The van der Waals surface area contributed by atoms with Crippen LogP contribution in [0.25, 0.3) is 28.2 Å². The van der Waals surface area contributed by atoms with Crippen molar-refractivity contribution in [3.05, 3.63) is 72.1 Å². The Balaban J connectivity index is 1.60. The fourth-order valence-corrected chi connectivity index (χ4v) is 3.18. The Labute approximate surface area is 178 Å².